The summed E-state index contributed by atoms with van der Waals surface area (Å²) in [6, 6.07) is 7.53. The minimum absolute atomic E-state index is 0.172. The highest BCUT2D eigenvalue weighted by Gasteiger charge is 2.12. The smallest absolute Gasteiger partial charge is 0.303 e. The summed E-state index contributed by atoms with van der Waals surface area (Å²) >= 11 is 2.20. The first-order chi connectivity index (χ1) is 7.17. The van der Waals surface area contributed by atoms with E-state index in [2.05, 4.69) is 22.6 Å². The maximum atomic E-state index is 10.9. The van der Waals surface area contributed by atoms with Gasteiger partial charge in [0.15, 0.2) is 0 Å². The van der Waals surface area contributed by atoms with Crippen LogP contribution < -0.4 is 4.74 Å². The van der Waals surface area contributed by atoms with Gasteiger partial charge < -0.3 is 9.47 Å². The summed E-state index contributed by atoms with van der Waals surface area (Å²) in [5.74, 6) is 0.543. The van der Waals surface area contributed by atoms with Gasteiger partial charge >= 0.3 is 5.97 Å². The predicted octanol–water partition coefficient (Wildman–Crippen LogP) is 2.73. The molecule has 1 aromatic carbocycles. The van der Waals surface area contributed by atoms with E-state index in [1.807, 2.05) is 24.3 Å². The van der Waals surface area contributed by atoms with Gasteiger partial charge in [-0.3, -0.25) is 4.79 Å². The first-order valence-electron chi connectivity index (χ1n) is 4.54. The molecule has 0 fully saturated rings. The van der Waals surface area contributed by atoms with Crippen LogP contribution in [0, 0.1) is 0 Å². The Morgan fingerprint density at radius 3 is 2.40 bits per heavy atom. The molecule has 15 heavy (non-hydrogen) atoms. The van der Waals surface area contributed by atoms with Gasteiger partial charge in [-0.2, -0.15) is 0 Å². The van der Waals surface area contributed by atoms with Crippen molar-refractivity contribution < 1.29 is 14.3 Å². The number of carbonyl (C=O) groups is 1. The Morgan fingerprint density at radius 2 is 2.00 bits per heavy atom. The quantitative estimate of drug-likeness (QED) is 0.486. The first-order valence-corrected chi connectivity index (χ1v) is 6.07. The zero-order valence-corrected chi connectivity index (χ0v) is 10.9. The molecule has 0 spiro atoms. The Bertz CT molecular complexity index is 321. The number of hydrogen-bond acceptors (Lipinski definition) is 3. The van der Waals surface area contributed by atoms with Gasteiger partial charge in [0.05, 0.1) is 7.11 Å². The van der Waals surface area contributed by atoms with Crippen molar-refractivity contribution in [2.45, 2.75) is 13.0 Å². The van der Waals surface area contributed by atoms with Crippen molar-refractivity contribution >= 4 is 28.6 Å². The first kappa shape index (κ1) is 12.3. The number of esters is 1. The SMILES string of the molecule is COc1ccc([C@H](CI)OC(C)=O)cc1. The van der Waals surface area contributed by atoms with E-state index in [-0.39, 0.29) is 12.1 Å². The number of methoxy groups -OCH3 is 1. The van der Waals surface area contributed by atoms with Crippen LogP contribution in [-0.2, 0) is 9.53 Å². The minimum atomic E-state index is -0.257. The normalized spacial score (nSPS) is 11.9. The zero-order chi connectivity index (χ0) is 11.3. The van der Waals surface area contributed by atoms with E-state index in [0.717, 1.165) is 15.7 Å². The van der Waals surface area contributed by atoms with E-state index in [1.165, 1.54) is 6.92 Å². The average molecular weight is 320 g/mol. The molecule has 0 aromatic heterocycles. The van der Waals surface area contributed by atoms with Gasteiger partial charge in [-0.25, -0.2) is 0 Å². The summed E-state index contributed by atoms with van der Waals surface area (Å²) in [6.07, 6.45) is -0.172. The van der Waals surface area contributed by atoms with Crippen LogP contribution in [0.3, 0.4) is 0 Å². The van der Waals surface area contributed by atoms with Gasteiger partial charge in [0.2, 0.25) is 0 Å². The number of halogens is 1. The van der Waals surface area contributed by atoms with Gasteiger partial charge in [0, 0.05) is 11.4 Å². The summed E-state index contributed by atoms with van der Waals surface area (Å²) in [7, 11) is 1.62. The van der Waals surface area contributed by atoms with Crippen LogP contribution in [0.25, 0.3) is 0 Å². The lowest BCUT2D eigenvalue weighted by Crippen LogP contribution is -2.09. The molecule has 0 amide bonds. The van der Waals surface area contributed by atoms with Gasteiger partial charge in [-0.05, 0) is 17.7 Å². The van der Waals surface area contributed by atoms with Crippen molar-refractivity contribution in [3.05, 3.63) is 29.8 Å². The Morgan fingerprint density at radius 1 is 1.40 bits per heavy atom. The van der Waals surface area contributed by atoms with Gasteiger partial charge in [-0.1, -0.05) is 34.7 Å². The maximum Gasteiger partial charge on any atom is 0.303 e. The van der Waals surface area contributed by atoms with Crippen LogP contribution in [0.15, 0.2) is 24.3 Å². The molecule has 1 atom stereocenters. The fraction of sp³-hybridized carbons (Fsp3) is 0.364. The second-order valence-corrected chi connectivity index (χ2v) is 3.91. The van der Waals surface area contributed by atoms with Crippen LogP contribution in [-0.4, -0.2) is 17.5 Å². The molecular weight excluding hydrogens is 307 g/mol. The van der Waals surface area contributed by atoms with Crippen molar-refractivity contribution in [3.8, 4) is 5.75 Å². The lowest BCUT2D eigenvalue weighted by molar-refractivity contribution is -0.145. The zero-order valence-electron chi connectivity index (χ0n) is 8.70. The van der Waals surface area contributed by atoms with Gasteiger partial charge in [0.1, 0.15) is 11.9 Å². The second kappa shape index (κ2) is 5.95. The topological polar surface area (TPSA) is 35.5 Å². The summed E-state index contributed by atoms with van der Waals surface area (Å²) in [5.41, 5.74) is 0.986. The molecular formula is C11H13IO3. The lowest BCUT2D eigenvalue weighted by atomic mass is 10.1. The monoisotopic (exact) mass is 320 g/mol. The summed E-state index contributed by atoms with van der Waals surface area (Å²) in [6.45, 7) is 1.42. The number of hydrogen-bond donors (Lipinski definition) is 0. The molecule has 0 aliphatic heterocycles. The van der Waals surface area contributed by atoms with Crippen molar-refractivity contribution in [2.75, 3.05) is 11.5 Å². The number of carbonyl (C=O) groups excluding carboxylic acids is 1. The van der Waals surface area contributed by atoms with Crippen LogP contribution in [0.1, 0.15) is 18.6 Å². The largest absolute Gasteiger partial charge is 0.497 e. The third-order valence-corrected chi connectivity index (χ3v) is 2.74. The van der Waals surface area contributed by atoms with Crippen molar-refractivity contribution in [3.63, 3.8) is 0 Å². The highest BCUT2D eigenvalue weighted by atomic mass is 127. The predicted molar refractivity (Wildman–Crippen MR) is 66.4 cm³/mol. The molecule has 0 N–H and O–H groups in total. The van der Waals surface area contributed by atoms with Crippen molar-refractivity contribution in [2.24, 2.45) is 0 Å². The molecule has 0 radical (unpaired) electrons. The van der Waals surface area contributed by atoms with Crippen LogP contribution in [0.5, 0.6) is 5.75 Å². The summed E-state index contributed by atoms with van der Waals surface area (Å²) in [4.78, 5) is 10.9. The van der Waals surface area contributed by atoms with E-state index in [4.69, 9.17) is 9.47 Å². The second-order valence-electron chi connectivity index (χ2n) is 3.03. The van der Waals surface area contributed by atoms with Crippen molar-refractivity contribution in [1.29, 1.82) is 0 Å². The molecule has 3 nitrogen and oxygen atoms in total. The third kappa shape index (κ3) is 3.70. The fourth-order valence-corrected chi connectivity index (χ4v) is 1.90. The van der Waals surface area contributed by atoms with E-state index in [9.17, 15) is 4.79 Å². The van der Waals surface area contributed by atoms with Gasteiger partial charge in [0.25, 0.3) is 0 Å². The lowest BCUT2D eigenvalue weighted by Gasteiger charge is -2.14. The number of benzene rings is 1. The summed E-state index contributed by atoms with van der Waals surface area (Å²) in [5, 5.41) is 0. The molecule has 1 aromatic rings. The number of rotatable bonds is 4. The molecule has 0 bridgehead atoms. The fourth-order valence-electron chi connectivity index (χ4n) is 1.21. The average Bonchev–Trinajstić information content (AvgIpc) is 2.26. The molecule has 0 saturated heterocycles. The molecule has 4 heteroatoms. The maximum absolute atomic E-state index is 10.9. The molecule has 1 rings (SSSR count). The Labute approximate surface area is 103 Å². The highest BCUT2D eigenvalue weighted by molar-refractivity contribution is 14.1. The van der Waals surface area contributed by atoms with Crippen molar-refractivity contribution in [1.82, 2.24) is 0 Å². The number of alkyl halides is 1. The standard InChI is InChI=1S/C11H13IO3/c1-8(13)15-11(7-12)9-3-5-10(14-2)6-4-9/h3-6,11H,7H2,1-2H3/t11-/m0/s1. The van der Waals surface area contributed by atoms with E-state index in [1.54, 1.807) is 7.11 Å². The summed E-state index contributed by atoms with van der Waals surface area (Å²) < 4.78 is 11.0. The highest BCUT2D eigenvalue weighted by Crippen LogP contribution is 2.22. The third-order valence-electron chi connectivity index (χ3n) is 1.94. The Kier molecular flexibility index (Phi) is 4.87. The van der Waals surface area contributed by atoms with E-state index < -0.39 is 0 Å². The van der Waals surface area contributed by atoms with E-state index in [0.29, 0.717) is 0 Å². The molecule has 0 aliphatic carbocycles. The van der Waals surface area contributed by atoms with Crippen LogP contribution in [0.2, 0.25) is 0 Å². The molecule has 0 saturated carbocycles. The van der Waals surface area contributed by atoms with Crippen LogP contribution >= 0.6 is 22.6 Å². The van der Waals surface area contributed by atoms with Gasteiger partial charge in [-0.15, -0.1) is 0 Å². The number of ether oxygens (including phenoxy) is 2. The minimum Gasteiger partial charge on any atom is -0.497 e. The Balaban J connectivity index is 2.78. The molecule has 0 heterocycles. The molecule has 0 aliphatic rings. The molecule has 82 valence electrons. The van der Waals surface area contributed by atoms with E-state index >= 15 is 0 Å². The Hall–Kier alpha value is -0.780. The van der Waals surface area contributed by atoms with Crippen LogP contribution in [0.4, 0.5) is 0 Å². The molecule has 0 unspecified atom stereocenters.